The van der Waals surface area contributed by atoms with Gasteiger partial charge in [-0.05, 0) is 12.8 Å². The van der Waals surface area contributed by atoms with E-state index in [1.807, 2.05) is 0 Å². The van der Waals surface area contributed by atoms with Crippen molar-refractivity contribution in [1.82, 2.24) is 5.32 Å². The van der Waals surface area contributed by atoms with Crippen molar-refractivity contribution in [3.63, 3.8) is 0 Å². The molecule has 0 aromatic heterocycles. The van der Waals surface area contributed by atoms with Gasteiger partial charge >= 0.3 is 5.97 Å². The van der Waals surface area contributed by atoms with E-state index in [1.54, 1.807) is 0 Å². The minimum atomic E-state index is -3.03. The van der Waals surface area contributed by atoms with Crippen molar-refractivity contribution in [1.29, 1.82) is 0 Å². The van der Waals surface area contributed by atoms with Crippen LogP contribution in [0.2, 0.25) is 0 Å². The quantitative estimate of drug-likeness (QED) is 0.731. The van der Waals surface area contributed by atoms with Gasteiger partial charge in [-0.25, -0.2) is 8.42 Å². The van der Waals surface area contributed by atoms with Crippen molar-refractivity contribution in [2.45, 2.75) is 26.2 Å². The Hall–Kier alpha value is -1.11. The maximum Gasteiger partial charge on any atom is 0.303 e. The Morgan fingerprint density at radius 2 is 1.82 bits per heavy atom. The van der Waals surface area contributed by atoms with Gasteiger partial charge in [-0.1, -0.05) is 0 Å². The van der Waals surface area contributed by atoms with Crippen LogP contribution in [0, 0.1) is 5.41 Å². The third kappa shape index (κ3) is 4.33. The average Bonchev–Trinajstić information content (AvgIpc) is 2.19. The molecule has 0 bridgehead atoms. The first-order chi connectivity index (χ1) is 7.75. The van der Waals surface area contributed by atoms with E-state index in [0.717, 1.165) is 0 Å². The Balaban J connectivity index is 2.74. The molecule has 0 aliphatic carbocycles. The fourth-order valence-electron chi connectivity index (χ4n) is 2.02. The molecule has 98 valence electrons. The van der Waals surface area contributed by atoms with Gasteiger partial charge in [0.15, 0.2) is 0 Å². The zero-order valence-corrected chi connectivity index (χ0v) is 10.5. The number of hydrogen-bond donors (Lipinski definition) is 2. The molecule has 1 saturated heterocycles. The van der Waals surface area contributed by atoms with Crippen molar-refractivity contribution in [3.05, 3.63) is 0 Å². The van der Waals surface area contributed by atoms with Crippen LogP contribution in [0.4, 0.5) is 0 Å². The van der Waals surface area contributed by atoms with E-state index >= 15 is 0 Å². The van der Waals surface area contributed by atoms with E-state index < -0.39 is 21.2 Å². The summed E-state index contributed by atoms with van der Waals surface area (Å²) in [4.78, 5) is 21.7. The second kappa shape index (κ2) is 5.03. The summed E-state index contributed by atoms with van der Waals surface area (Å²) in [6.45, 7) is 1.58. The molecule has 0 atom stereocenters. The monoisotopic (exact) mass is 263 g/mol. The van der Waals surface area contributed by atoms with Crippen LogP contribution in [0.1, 0.15) is 26.2 Å². The Labute approximate surface area is 100 Å². The van der Waals surface area contributed by atoms with Gasteiger partial charge in [0.2, 0.25) is 5.91 Å². The maximum absolute atomic E-state index is 11.3. The highest BCUT2D eigenvalue weighted by molar-refractivity contribution is 7.91. The second-order valence-electron chi connectivity index (χ2n) is 4.63. The molecule has 0 spiro atoms. The van der Waals surface area contributed by atoms with Gasteiger partial charge in [-0.15, -0.1) is 0 Å². The van der Waals surface area contributed by atoms with Crippen LogP contribution < -0.4 is 5.32 Å². The largest absolute Gasteiger partial charge is 0.481 e. The Kier molecular flexibility index (Phi) is 4.13. The fourth-order valence-corrected chi connectivity index (χ4v) is 3.71. The number of rotatable bonds is 4. The second-order valence-corrected chi connectivity index (χ2v) is 6.94. The Morgan fingerprint density at radius 1 is 1.29 bits per heavy atom. The highest BCUT2D eigenvalue weighted by Gasteiger charge is 2.39. The van der Waals surface area contributed by atoms with Crippen molar-refractivity contribution in [2.24, 2.45) is 5.41 Å². The topological polar surface area (TPSA) is 101 Å². The summed E-state index contributed by atoms with van der Waals surface area (Å²) in [6.07, 6.45) is 0.479. The van der Waals surface area contributed by atoms with Gasteiger partial charge in [0, 0.05) is 18.9 Å². The van der Waals surface area contributed by atoms with Gasteiger partial charge in [0.25, 0.3) is 0 Å². The summed E-state index contributed by atoms with van der Waals surface area (Å²) in [7, 11) is -3.03. The molecule has 1 fully saturated rings. The number of aliphatic carboxylic acids is 1. The Morgan fingerprint density at radius 3 is 2.24 bits per heavy atom. The van der Waals surface area contributed by atoms with Crippen molar-refractivity contribution < 1.29 is 23.1 Å². The number of sulfone groups is 1. The number of nitrogens with one attached hydrogen (secondary N) is 1. The minimum absolute atomic E-state index is 0.000134. The lowest BCUT2D eigenvalue weighted by Gasteiger charge is -2.35. The number of carbonyl (C=O) groups is 2. The lowest BCUT2D eigenvalue weighted by molar-refractivity contribution is -0.140. The third-order valence-corrected chi connectivity index (χ3v) is 4.78. The van der Waals surface area contributed by atoms with E-state index in [0.29, 0.717) is 12.8 Å². The molecular weight excluding hydrogens is 246 g/mol. The summed E-state index contributed by atoms with van der Waals surface area (Å²) in [6, 6.07) is 0. The fraction of sp³-hybridized carbons (Fsp3) is 0.800. The molecule has 1 heterocycles. The summed E-state index contributed by atoms with van der Waals surface area (Å²) in [5, 5.41) is 11.5. The minimum Gasteiger partial charge on any atom is -0.481 e. The first-order valence-corrected chi connectivity index (χ1v) is 7.24. The predicted molar refractivity (Wildman–Crippen MR) is 61.3 cm³/mol. The normalized spacial score (nSPS) is 21.7. The van der Waals surface area contributed by atoms with Gasteiger partial charge in [-0.3, -0.25) is 9.59 Å². The average molecular weight is 263 g/mol. The first kappa shape index (κ1) is 14.0. The molecule has 6 nitrogen and oxygen atoms in total. The third-order valence-electron chi connectivity index (χ3n) is 3.13. The van der Waals surface area contributed by atoms with E-state index in [-0.39, 0.29) is 30.4 Å². The molecule has 1 amide bonds. The standard InChI is InChI=1S/C10H17NO5S/c1-8(12)11-7-10(6-9(13)14)2-4-17(15,16)5-3-10/h2-7H2,1H3,(H,11,12)(H,13,14). The van der Waals surface area contributed by atoms with Crippen LogP contribution in [0.15, 0.2) is 0 Å². The Bertz CT molecular complexity index is 400. The van der Waals surface area contributed by atoms with Gasteiger partial charge in [0.05, 0.1) is 17.9 Å². The van der Waals surface area contributed by atoms with Crippen LogP contribution in [0.5, 0.6) is 0 Å². The van der Waals surface area contributed by atoms with Crippen molar-refractivity contribution >= 4 is 21.7 Å². The molecule has 17 heavy (non-hydrogen) atoms. The van der Waals surface area contributed by atoms with E-state index in [1.165, 1.54) is 6.92 Å². The molecule has 2 N–H and O–H groups in total. The summed E-state index contributed by atoms with van der Waals surface area (Å²) in [5.74, 6) is -1.20. The highest BCUT2D eigenvalue weighted by Crippen LogP contribution is 2.35. The van der Waals surface area contributed by atoms with Crippen LogP contribution >= 0.6 is 0 Å². The molecule has 1 aliphatic rings. The van der Waals surface area contributed by atoms with Crippen LogP contribution in [-0.4, -0.2) is 43.5 Å². The van der Waals surface area contributed by atoms with E-state index in [9.17, 15) is 18.0 Å². The van der Waals surface area contributed by atoms with Crippen molar-refractivity contribution in [2.75, 3.05) is 18.1 Å². The molecule has 0 aromatic rings. The molecule has 7 heteroatoms. The SMILES string of the molecule is CC(=O)NCC1(CC(=O)O)CCS(=O)(=O)CC1. The van der Waals surface area contributed by atoms with E-state index in [2.05, 4.69) is 5.32 Å². The molecular formula is C10H17NO5S. The smallest absolute Gasteiger partial charge is 0.303 e. The van der Waals surface area contributed by atoms with Gasteiger partial charge in [-0.2, -0.15) is 0 Å². The predicted octanol–water partition coefficient (Wildman–Crippen LogP) is -0.208. The number of carbonyl (C=O) groups excluding carboxylic acids is 1. The summed E-state index contributed by atoms with van der Waals surface area (Å²) < 4.78 is 22.7. The van der Waals surface area contributed by atoms with Crippen LogP contribution in [-0.2, 0) is 19.4 Å². The molecule has 0 saturated carbocycles. The zero-order chi connectivity index (χ0) is 13.1. The molecule has 0 radical (unpaired) electrons. The zero-order valence-electron chi connectivity index (χ0n) is 9.73. The summed E-state index contributed by atoms with van der Waals surface area (Å²) in [5.41, 5.74) is -0.622. The number of amides is 1. The van der Waals surface area contributed by atoms with Crippen molar-refractivity contribution in [3.8, 4) is 0 Å². The summed E-state index contributed by atoms with van der Waals surface area (Å²) >= 11 is 0. The van der Waals surface area contributed by atoms with E-state index in [4.69, 9.17) is 5.11 Å². The highest BCUT2D eigenvalue weighted by atomic mass is 32.2. The molecule has 1 rings (SSSR count). The first-order valence-electron chi connectivity index (χ1n) is 5.41. The number of carboxylic acid groups (broad SMARTS) is 1. The van der Waals surface area contributed by atoms with Gasteiger partial charge in [0.1, 0.15) is 9.84 Å². The molecule has 0 unspecified atom stereocenters. The molecule has 1 aliphatic heterocycles. The molecule has 0 aromatic carbocycles. The maximum atomic E-state index is 11.3. The van der Waals surface area contributed by atoms with Gasteiger partial charge < -0.3 is 10.4 Å². The lowest BCUT2D eigenvalue weighted by atomic mass is 9.78. The lowest BCUT2D eigenvalue weighted by Crippen LogP contribution is -2.43. The van der Waals surface area contributed by atoms with Crippen LogP contribution in [0.25, 0.3) is 0 Å². The van der Waals surface area contributed by atoms with Crippen LogP contribution in [0.3, 0.4) is 0 Å². The number of carboxylic acids is 1. The number of hydrogen-bond acceptors (Lipinski definition) is 4.